The van der Waals surface area contributed by atoms with Crippen molar-refractivity contribution in [3.05, 3.63) is 46.5 Å². The van der Waals surface area contributed by atoms with E-state index in [1.807, 2.05) is 7.05 Å². The van der Waals surface area contributed by atoms with Crippen LogP contribution in [0.2, 0.25) is 0 Å². The maximum atomic E-state index is 4.35. The second-order valence-electron chi connectivity index (χ2n) is 6.58. The zero-order valence-corrected chi connectivity index (χ0v) is 16.4. The zero-order valence-electron chi connectivity index (χ0n) is 14.8. The number of nitrogens with one attached hydrogen (secondary N) is 2. The van der Waals surface area contributed by atoms with E-state index in [0.29, 0.717) is 6.54 Å². The topological polar surface area (TPSA) is 67.1 Å². The Morgan fingerprint density at radius 2 is 2.12 bits per heavy atom. The molecule has 1 aromatic carbocycles. The van der Waals surface area contributed by atoms with Crippen LogP contribution in [0, 0.1) is 0 Å². The zero-order chi connectivity index (χ0) is 17.7. The highest BCUT2D eigenvalue weighted by Gasteiger charge is 2.35. The van der Waals surface area contributed by atoms with E-state index in [-0.39, 0.29) is 5.41 Å². The van der Waals surface area contributed by atoms with E-state index >= 15 is 0 Å². The summed E-state index contributed by atoms with van der Waals surface area (Å²) < 4.78 is 2.90. The van der Waals surface area contributed by atoms with Crippen LogP contribution >= 0.6 is 15.9 Å². The number of halogens is 1. The summed E-state index contributed by atoms with van der Waals surface area (Å²) in [5.41, 5.74) is 1.57. The molecule has 0 aliphatic heterocycles. The Kier molecular flexibility index (Phi) is 5.73. The maximum absolute atomic E-state index is 4.35. The number of aryl methyl sites for hydroxylation is 1. The van der Waals surface area contributed by atoms with Gasteiger partial charge >= 0.3 is 0 Å². The van der Waals surface area contributed by atoms with Gasteiger partial charge in [0.1, 0.15) is 12.2 Å². The van der Waals surface area contributed by atoms with Crippen molar-refractivity contribution in [2.75, 3.05) is 13.6 Å². The predicted octanol–water partition coefficient (Wildman–Crippen LogP) is 2.75. The molecule has 1 fully saturated rings. The van der Waals surface area contributed by atoms with Crippen molar-refractivity contribution < 1.29 is 0 Å². The van der Waals surface area contributed by atoms with E-state index in [2.05, 4.69) is 65.9 Å². The first-order valence-corrected chi connectivity index (χ1v) is 9.46. The lowest BCUT2D eigenvalue weighted by molar-refractivity contribution is 0.431. The van der Waals surface area contributed by atoms with Crippen molar-refractivity contribution in [1.29, 1.82) is 0 Å². The summed E-state index contributed by atoms with van der Waals surface area (Å²) in [6.45, 7) is 1.47. The number of hydrogen-bond donors (Lipinski definition) is 2. The summed E-state index contributed by atoms with van der Waals surface area (Å²) >= 11 is 3.61. The van der Waals surface area contributed by atoms with Gasteiger partial charge in [0.05, 0.1) is 6.54 Å². The molecule has 3 rings (SSSR count). The van der Waals surface area contributed by atoms with E-state index in [1.54, 1.807) is 18.1 Å². The highest BCUT2D eigenvalue weighted by Crippen LogP contribution is 2.41. The minimum Gasteiger partial charge on any atom is -0.356 e. The molecule has 2 N–H and O–H groups in total. The summed E-state index contributed by atoms with van der Waals surface area (Å²) in [4.78, 5) is 8.58. The van der Waals surface area contributed by atoms with Gasteiger partial charge in [0, 0.05) is 30.5 Å². The molecule has 0 radical (unpaired) electrons. The highest BCUT2D eigenvalue weighted by molar-refractivity contribution is 9.10. The molecule has 6 nitrogen and oxygen atoms in total. The molecule has 2 aromatic rings. The van der Waals surface area contributed by atoms with Crippen LogP contribution in [-0.2, 0) is 19.0 Å². The van der Waals surface area contributed by atoms with Gasteiger partial charge in [-0.1, -0.05) is 40.9 Å². The predicted molar refractivity (Wildman–Crippen MR) is 103 cm³/mol. The molecule has 134 valence electrons. The highest BCUT2D eigenvalue weighted by atomic mass is 79.9. The smallest absolute Gasteiger partial charge is 0.191 e. The lowest BCUT2D eigenvalue weighted by Crippen LogP contribution is -2.44. The number of hydrogen-bond acceptors (Lipinski definition) is 3. The molecule has 1 aliphatic rings. The van der Waals surface area contributed by atoms with Crippen LogP contribution < -0.4 is 10.6 Å². The van der Waals surface area contributed by atoms with Gasteiger partial charge in [-0.15, -0.1) is 0 Å². The van der Waals surface area contributed by atoms with Crippen LogP contribution in [0.15, 0.2) is 40.1 Å². The molecular weight excluding hydrogens is 380 g/mol. The van der Waals surface area contributed by atoms with Gasteiger partial charge in [-0.2, -0.15) is 5.10 Å². The lowest BCUT2D eigenvalue weighted by atomic mass is 9.79. The number of nitrogens with zero attached hydrogens (tertiary/aromatic N) is 4. The van der Waals surface area contributed by atoms with Crippen molar-refractivity contribution in [1.82, 2.24) is 25.4 Å². The number of benzene rings is 1. The largest absolute Gasteiger partial charge is 0.356 e. The minimum absolute atomic E-state index is 0.173. The molecule has 0 spiro atoms. The Morgan fingerprint density at radius 3 is 2.76 bits per heavy atom. The minimum atomic E-state index is 0.173. The molecule has 0 bridgehead atoms. The Bertz CT molecular complexity index is 733. The van der Waals surface area contributed by atoms with Crippen molar-refractivity contribution in [2.24, 2.45) is 12.0 Å². The Labute approximate surface area is 157 Å². The van der Waals surface area contributed by atoms with Gasteiger partial charge in [0.25, 0.3) is 0 Å². The van der Waals surface area contributed by atoms with Crippen molar-refractivity contribution in [3.8, 4) is 0 Å². The van der Waals surface area contributed by atoms with E-state index in [4.69, 9.17) is 0 Å². The molecular formula is C18H25BrN6. The fourth-order valence-electron chi connectivity index (χ4n) is 3.55. The molecule has 1 aromatic heterocycles. The summed E-state index contributed by atoms with van der Waals surface area (Å²) in [6.07, 6.45) is 6.53. The number of guanidine groups is 1. The van der Waals surface area contributed by atoms with E-state index in [1.165, 1.54) is 31.2 Å². The monoisotopic (exact) mass is 404 g/mol. The van der Waals surface area contributed by atoms with Crippen LogP contribution in [0.1, 0.15) is 37.1 Å². The summed E-state index contributed by atoms with van der Waals surface area (Å²) in [6, 6.07) is 8.71. The Morgan fingerprint density at radius 1 is 1.32 bits per heavy atom. The molecule has 0 amide bonds. The molecule has 0 saturated heterocycles. The van der Waals surface area contributed by atoms with Crippen LogP contribution in [0.5, 0.6) is 0 Å². The fourth-order valence-corrected chi connectivity index (χ4v) is 3.95. The van der Waals surface area contributed by atoms with Crippen molar-refractivity contribution >= 4 is 21.9 Å². The lowest BCUT2D eigenvalue weighted by Gasteiger charge is -2.31. The average molecular weight is 405 g/mol. The van der Waals surface area contributed by atoms with Crippen LogP contribution in [-0.4, -0.2) is 34.3 Å². The van der Waals surface area contributed by atoms with Crippen molar-refractivity contribution in [3.63, 3.8) is 0 Å². The first-order valence-electron chi connectivity index (χ1n) is 8.66. The molecule has 1 heterocycles. The second kappa shape index (κ2) is 7.99. The van der Waals surface area contributed by atoms with Gasteiger partial charge < -0.3 is 10.6 Å². The average Bonchev–Trinajstić information content (AvgIpc) is 3.25. The first-order chi connectivity index (χ1) is 12.1. The van der Waals surface area contributed by atoms with E-state index in [9.17, 15) is 0 Å². The van der Waals surface area contributed by atoms with Gasteiger partial charge in [-0.25, -0.2) is 4.98 Å². The maximum Gasteiger partial charge on any atom is 0.191 e. The summed E-state index contributed by atoms with van der Waals surface area (Å²) in [7, 11) is 3.69. The third-order valence-electron chi connectivity index (χ3n) is 5.03. The third-order valence-corrected chi connectivity index (χ3v) is 5.53. The van der Waals surface area contributed by atoms with Gasteiger partial charge in [-0.05, 0) is 30.5 Å². The van der Waals surface area contributed by atoms with Gasteiger partial charge in [-0.3, -0.25) is 9.67 Å². The molecule has 25 heavy (non-hydrogen) atoms. The van der Waals surface area contributed by atoms with E-state index < -0.39 is 0 Å². The first kappa shape index (κ1) is 17.9. The quantitative estimate of drug-likeness (QED) is 0.593. The van der Waals surface area contributed by atoms with Crippen LogP contribution in [0.3, 0.4) is 0 Å². The molecule has 1 saturated carbocycles. The number of rotatable bonds is 5. The van der Waals surface area contributed by atoms with Crippen LogP contribution in [0.25, 0.3) is 0 Å². The fraction of sp³-hybridized carbons (Fsp3) is 0.500. The molecule has 0 unspecified atom stereocenters. The van der Waals surface area contributed by atoms with Gasteiger partial charge in [0.2, 0.25) is 0 Å². The summed E-state index contributed by atoms with van der Waals surface area (Å²) in [5.74, 6) is 1.68. The second-order valence-corrected chi connectivity index (χ2v) is 7.49. The Balaban J connectivity index is 1.65. The number of aromatic nitrogens is 3. The SMILES string of the molecule is CN=C(NCc1ncnn1C)NCC1(c2cccc(Br)c2)CCCC1. The van der Waals surface area contributed by atoms with Crippen LogP contribution in [0.4, 0.5) is 0 Å². The van der Waals surface area contributed by atoms with E-state index in [0.717, 1.165) is 22.8 Å². The normalized spacial score (nSPS) is 16.8. The third kappa shape index (κ3) is 4.21. The number of aliphatic imine (C=N–C) groups is 1. The molecule has 0 atom stereocenters. The standard InChI is InChI=1S/C18H25BrN6/c1-20-17(21-11-16-23-13-24-25(16)2)22-12-18(8-3-4-9-18)14-6-5-7-15(19)10-14/h5-7,10,13H,3-4,8-9,11-12H2,1-2H3,(H2,20,21,22). The molecule has 1 aliphatic carbocycles. The Hall–Kier alpha value is -1.89. The van der Waals surface area contributed by atoms with Crippen molar-refractivity contribution in [2.45, 2.75) is 37.6 Å². The molecule has 7 heteroatoms. The van der Waals surface area contributed by atoms with Gasteiger partial charge in [0.15, 0.2) is 5.96 Å². The summed E-state index contributed by atoms with van der Waals surface area (Å²) in [5, 5.41) is 10.9.